The van der Waals surface area contributed by atoms with Gasteiger partial charge >= 0.3 is 0 Å². The Morgan fingerprint density at radius 1 is 1.12 bits per heavy atom. The molecule has 0 saturated heterocycles. The van der Waals surface area contributed by atoms with Crippen molar-refractivity contribution < 1.29 is 4.74 Å². The lowest BCUT2D eigenvalue weighted by atomic mass is 9.97. The SMILES string of the molecule is Cc1cc(Cl)cc(-c2ccnc3ccsc23)c1OC1CCCCC1. The molecule has 3 aromatic rings. The van der Waals surface area contributed by atoms with Gasteiger partial charge in [-0.1, -0.05) is 18.0 Å². The first-order chi connectivity index (χ1) is 11.7. The molecule has 1 aliphatic carbocycles. The zero-order chi connectivity index (χ0) is 16.5. The first kappa shape index (κ1) is 15.9. The smallest absolute Gasteiger partial charge is 0.130 e. The minimum absolute atomic E-state index is 0.318. The van der Waals surface area contributed by atoms with Crippen LogP contribution in [0.5, 0.6) is 5.75 Å². The molecule has 2 nitrogen and oxygen atoms in total. The fourth-order valence-corrected chi connectivity index (χ4v) is 4.67. The molecule has 1 fully saturated rings. The Morgan fingerprint density at radius 2 is 1.96 bits per heavy atom. The van der Waals surface area contributed by atoms with Crippen LogP contribution < -0.4 is 4.74 Å². The average molecular weight is 358 g/mol. The molecule has 0 unspecified atom stereocenters. The Labute approximate surface area is 151 Å². The third-order valence-electron chi connectivity index (χ3n) is 4.71. The van der Waals surface area contributed by atoms with Gasteiger partial charge in [-0.15, -0.1) is 11.3 Å². The number of pyridine rings is 1. The van der Waals surface area contributed by atoms with Gasteiger partial charge in [0.2, 0.25) is 0 Å². The lowest BCUT2D eigenvalue weighted by molar-refractivity contribution is 0.155. The number of nitrogens with zero attached hydrogens (tertiary/aromatic N) is 1. The van der Waals surface area contributed by atoms with Gasteiger partial charge in [0, 0.05) is 22.3 Å². The lowest BCUT2D eigenvalue weighted by Crippen LogP contribution is -2.20. The summed E-state index contributed by atoms with van der Waals surface area (Å²) in [5.74, 6) is 0.979. The molecule has 0 atom stereocenters. The van der Waals surface area contributed by atoms with Gasteiger partial charge < -0.3 is 4.74 Å². The van der Waals surface area contributed by atoms with Gasteiger partial charge in [-0.3, -0.25) is 4.98 Å². The van der Waals surface area contributed by atoms with Crippen LogP contribution in [0, 0.1) is 6.92 Å². The van der Waals surface area contributed by atoms with Crippen molar-refractivity contribution in [2.45, 2.75) is 45.1 Å². The van der Waals surface area contributed by atoms with Gasteiger partial charge in [0.1, 0.15) is 5.75 Å². The number of benzene rings is 1. The molecule has 124 valence electrons. The molecule has 0 amide bonds. The van der Waals surface area contributed by atoms with Crippen LogP contribution in [0.1, 0.15) is 37.7 Å². The highest BCUT2D eigenvalue weighted by molar-refractivity contribution is 7.17. The summed E-state index contributed by atoms with van der Waals surface area (Å²) in [6.45, 7) is 2.08. The van der Waals surface area contributed by atoms with E-state index in [4.69, 9.17) is 16.3 Å². The highest BCUT2D eigenvalue weighted by Gasteiger charge is 2.20. The van der Waals surface area contributed by atoms with Crippen molar-refractivity contribution in [3.63, 3.8) is 0 Å². The maximum atomic E-state index is 6.48. The number of hydrogen-bond acceptors (Lipinski definition) is 3. The molecule has 0 spiro atoms. The highest BCUT2D eigenvalue weighted by Crippen LogP contribution is 2.41. The summed E-state index contributed by atoms with van der Waals surface area (Å²) in [5, 5.41) is 2.83. The number of aryl methyl sites for hydroxylation is 1. The minimum Gasteiger partial charge on any atom is -0.490 e. The van der Waals surface area contributed by atoms with Gasteiger partial charge in [-0.25, -0.2) is 0 Å². The van der Waals surface area contributed by atoms with Crippen molar-refractivity contribution in [3.05, 3.63) is 46.4 Å². The monoisotopic (exact) mass is 357 g/mol. The number of aromatic nitrogens is 1. The topological polar surface area (TPSA) is 22.1 Å². The molecule has 2 aromatic heterocycles. The van der Waals surface area contributed by atoms with Crippen LogP contribution in [0.4, 0.5) is 0 Å². The molecular formula is C20H20ClNOS. The summed E-state index contributed by atoms with van der Waals surface area (Å²) < 4.78 is 7.67. The predicted octanol–water partition coefficient (Wildman–Crippen LogP) is 6.64. The second kappa shape index (κ2) is 6.73. The van der Waals surface area contributed by atoms with Gasteiger partial charge in [0.25, 0.3) is 0 Å². The summed E-state index contributed by atoms with van der Waals surface area (Å²) in [7, 11) is 0. The van der Waals surface area contributed by atoms with E-state index in [1.165, 1.54) is 24.0 Å². The van der Waals surface area contributed by atoms with Crippen molar-refractivity contribution in [3.8, 4) is 16.9 Å². The van der Waals surface area contributed by atoms with E-state index in [0.29, 0.717) is 6.10 Å². The normalized spacial score (nSPS) is 15.8. The molecule has 0 aliphatic heterocycles. The van der Waals surface area contributed by atoms with E-state index in [9.17, 15) is 0 Å². The fraction of sp³-hybridized carbons (Fsp3) is 0.350. The van der Waals surface area contributed by atoms with Crippen LogP contribution in [0.3, 0.4) is 0 Å². The number of fused-ring (bicyclic) bond motifs is 1. The summed E-state index contributed by atoms with van der Waals surface area (Å²) >= 11 is 8.09. The first-order valence-electron chi connectivity index (χ1n) is 8.52. The molecule has 0 N–H and O–H groups in total. The van der Waals surface area contributed by atoms with Crippen molar-refractivity contribution in [1.82, 2.24) is 4.98 Å². The molecular weight excluding hydrogens is 338 g/mol. The molecule has 4 heteroatoms. The van der Waals surface area contributed by atoms with Gasteiger partial charge in [0.15, 0.2) is 0 Å². The minimum atomic E-state index is 0.318. The van der Waals surface area contributed by atoms with E-state index in [1.807, 2.05) is 18.3 Å². The number of hydrogen-bond donors (Lipinski definition) is 0. The van der Waals surface area contributed by atoms with E-state index in [-0.39, 0.29) is 0 Å². The summed E-state index contributed by atoms with van der Waals surface area (Å²) in [5.41, 5.74) is 4.37. The van der Waals surface area contributed by atoms with E-state index in [1.54, 1.807) is 11.3 Å². The molecule has 0 radical (unpaired) electrons. The Morgan fingerprint density at radius 3 is 2.79 bits per heavy atom. The quantitative estimate of drug-likeness (QED) is 0.524. The number of rotatable bonds is 3. The molecule has 1 saturated carbocycles. The van der Waals surface area contributed by atoms with Crippen molar-refractivity contribution in [2.75, 3.05) is 0 Å². The zero-order valence-corrected chi connectivity index (χ0v) is 15.3. The van der Waals surface area contributed by atoms with Crippen LogP contribution in [-0.4, -0.2) is 11.1 Å². The fourth-order valence-electron chi connectivity index (χ4n) is 3.52. The van der Waals surface area contributed by atoms with E-state index in [0.717, 1.165) is 45.8 Å². The Hall–Kier alpha value is -1.58. The Balaban J connectivity index is 1.83. The van der Waals surface area contributed by atoms with E-state index >= 15 is 0 Å². The number of halogens is 1. The third-order valence-corrected chi connectivity index (χ3v) is 5.87. The average Bonchev–Trinajstić information content (AvgIpc) is 3.07. The lowest BCUT2D eigenvalue weighted by Gasteiger charge is -2.25. The summed E-state index contributed by atoms with van der Waals surface area (Å²) in [4.78, 5) is 4.45. The Kier molecular flexibility index (Phi) is 4.47. The van der Waals surface area contributed by atoms with E-state index < -0.39 is 0 Å². The second-order valence-electron chi connectivity index (χ2n) is 6.47. The standard InChI is InChI=1S/C20H20ClNOS/c1-13-11-14(21)12-17(19(13)23-15-5-3-2-4-6-15)16-7-9-22-18-8-10-24-20(16)18/h7-12,15H,2-6H2,1H3. The first-order valence-corrected chi connectivity index (χ1v) is 9.77. The highest BCUT2D eigenvalue weighted by atomic mass is 35.5. The molecule has 1 aromatic carbocycles. The van der Waals surface area contributed by atoms with Gasteiger partial charge in [0.05, 0.1) is 16.3 Å². The molecule has 24 heavy (non-hydrogen) atoms. The maximum Gasteiger partial charge on any atom is 0.130 e. The molecule has 1 aliphatic rings. The zero-order valence-electron chi connectivity index (χ0n) is 13.7. The number of thiophene rings is 1. The van der Waals surface area contributed by atoms with Crippen molar-refractivity contribution in [1.29, 1.82) is 0 Å². The number of ether oxygens (including phenoxy) is 1. The van der Waals surface area contributed by atoms with Crippen LogP contribution >= 0.6 is 22.9 Å². The van der Waals surface area contributed by atoms with Crippen molar-refractivity contribution in [2.24, 2.45) is 0 Å². The summed E-state index contributed by atoms with van der Waals surface area (Å²) in [6.07, 6.45) is 8.32. The molecule has 4 rings (SSSR count). The Bertz CT molecular complexity index is 867. The third kappa shape index (κ3) is 3.03. The largest absolute Gasteiger partial charge is 0.490 e. The molecule has 0 bridgehead atoms. The predicted molar refractivity (Wildman–Crippen MR) is 102 cm³/mol. The maximum absolute atomic E-state index is 6.48. The van der Waals surface area contributed by atoms with Crippen LogP contribution in [-0.2, 0) is 0 Å². The summed E-state index contributed by atoms with van der Waals surface area (Å²) in [6, 6.07) is 8.15. The van der Waals surface area contributed by atoms with Gasteiger partial charge in [-0.05, 0) is 67.8 Å². The molecule has 2 heterocycles. The van der Waals surface area contributed by atoms with Crippen LogP contribution in [0.15, 0.2) is 35.8 Å². The second-order valence-corrected chi connectivity index (χ2v) is 7.82. The van der Waals surface area contributed by atoms with E-state index in [2.05, 4.69) is 29.4 Å². The van der Waals surface area contributed by atoms with Gasteiger partial charge in [-0.2, -0.15) is 0 Å². The van der Waals surface area contributed by atoms with Crippen LogP contribution in [0.25, 0.3) is 21.3 Å². The van der Waals surface area contributed by atoms with Crippen LogP contribution in [0.2, 0.25) is 5.02 Å². The van der Waals surface area contributed by atoms with Crippen molar-refractivity contribution >= 4 is 33.2 Å².